The normalized spacial score (nSPS) is 12.8. The number of pyridine rings is 1. The van der Waals surface area contributed by atoms with Crippen molar-refractivity contribution in [1.82, 2.24) is 19.3 Å². The highest BCUT2D eigenvalue weighted by Crippen LogP contribution is 2.31. The van der Waals surface area contributed by atoms with E-state index in [-0.39, 0.29) is 5.69 Å². The lowest BCUT2D eigenvalue weighted by Crippen LogP contribution is -2.31. The standard InChI is InChI=1S/C28H25N5O3/c1-17(34)36-33-26-13-19-7-4-6-18(19)12-24(26)31-27(28(33)35)23-16-32(25-11-3-2-10-22(23)25)15-21-9-5-8-20(14-29)30-21/h2-3,5,8-13,16H,4,6-7,14-15,29H2,1H3. The molecule has 0 atom stereocenters. The number of benzene rings is 2. The van der Waals surface area contributed by atoms with E-state index in [0.717, 1.165) is 46.3 Å². The zero-order chi connectivity index (χ0) is 24.8. The first-order valence-corrected chi connectivity index (χ1v) is 12.0. The summed E-state index contributed by atoms with van der Waals surface area (Å²) < 4.78 is 3.15. The number of fused-ring (bicyclic) bond motifs is 3. The highest BCUT2D eigenvalue weighted by molar-refractivity contribution is 5.96. The van der Waals surface area contributed by atoms with Gasteiger partial charge in [0.25, 0.3) is 0 Å². The number of nitrogens with zero attached hydrogens (tertiary/aromatic N) is 4. The molecule has 3 heterocycles. The first-order chi connectivity index (χ1) is 17.5. The van der Waals surface area contributed by atoms with Crippen molar-refractivity contribution in [3.8, 4) is 11.3 Å². The molecule has 6 rings (SSSR count). The van der Waals surface area contributed by atoms with Gasteiger partial charge in [0, 0.05) is 36.1 Å². The molecule has 0 saturated carbocycles. The van der Waals surface area contributed by atoms with Gasteiger partial charge in [-0.15, -0.1) is 4.73 Å². The van der Waals surface area contributed by atoms with Crippen LogP contribution in [0.1, 0.15) is 35.9 Å². The first kappa shape index (κ1) is 22.2. The van der Waals surface area contributed by atoms with Crippen LogP contribution in [0.5, 0.6) is 0 Å². The summed E-state index contributed by atoms with van der Waals surface area (Å²) in [4.78, 5) is 40.5. The Kier molecular flexibility index (Phi) is 5.38. The second-order valence-corrected chi connectivity index (χ2v) is 9.12. The minimum atomic E-state index is -0.565. The topological polar surface area (TPSA) is 105 Å². The molecule has 8 heteroatoms. The predicted molar refractivity (Wildman–Crippen MR) is 137 cm³/mol. The number of carbonyl (C=O) groups excluding carboxylic acids is 1. The third-order valence-electron chi connectivity index (χ3n) is 6.70. The van der Waals surface area contributed by atoms with Crippen LogP contribution in [-0.2, 0) is 30.7 Å². The van der Waals surface area contributed by atoms with Gasteiger partial charge >= 0.3 is 11.5 Å². The summed E-state index contributed by atoms with van der Waals surface area (Å²) in [7, 11) is 0. The van der Waals surface area contributed by atoms with E-state index in [1.165, 1.54) is 18.1 Å². The Bertz CT molecular complexity index is 1720. The molecule has 1 aliphatic rings. The van der Waals surface area contributed by atoms with Crippen LogP contribution in [0.2, 0.25) is 0 Å². The Morgan fingerprint density at radius 2 is 1.78 bits per heavy atom. The minimum absolute atomic E-state index is 0.236. The molecule has 0 spiro atoms. The van der Waals surface area contributed by atoms with E-state index in [1.54, 1.807) is 0 Å². The lowest BCUT2D eigenvalue weighted by Gasteiger charge is -2.12. The molecule has 180 valence electrons. The van der Waals surface area contributed by atoms with E-state index >= 15 is 0 Å². The second kappa shape index (κ2) is 8.73. The maximum Gasteiger partial charge on any atom is 0.330 e. The Morgan fingerprint density at radius 3 is 2.58 bits per heavy atom. The molecular weight excluding hydrogens is 454 g/mol. The zero-order valence-electron chi connectivity index (χ0n) is 19.9. The van der Waals surface area contributed by atoms with Crippen LogP contribution in [0.15, 0.2) is 65.6 Å². The third kappa shape index (κ3) is 3.76. The molecule has 8 nitrogen and oxygen atoms in total. The predicted octanol–water partition coefficient (Wildman–Crippen LogP) is 3.38. The van der Waals surface area contributed by atoms with Crippen LogP contribution in [0.25, 0.3) is 33.2 Å². The number of hydrogen-bond acceptors (Lipinski definition) is 6. The maximum atomic E-state index is 13.7. The van der Waals surface area contributed by atoms with Crippen molar-refractivity contribution in [1.29, 1.82) is 0 Å². The van der Waals surface area contributed by atoms with Crippen molar-refractivity contribution in [3.63, 3.8) is 0 Å². The molecule has 5 aromatic rings. The van der Waals surface area contributed by atoms with Crippen LogP contribution in [0.3, 0.4) is 0 Å². The molecule has 2 aromatic carbocycles. The van der Waals surface area contributed by atoms with E-state index in [4.69, 9.17) is 15.6 Å². The summed E-state index contributed by atoms with van der Waals surface area (Å²) >= 11 is 0. The average Bonchev–Trinajstić information content (AvgIpc) is 3.49. The highest BCUT2D eigenvalue weighted by atomic mass is 16.7. The maximum absolute atomic E-state index is 13.7. The molecule has 0 amide bonds. The first-order valence-electron chi connectivity index (χ1n) is 12.0. The molecule has 0 radical (unpaired) electrons. The van der Waals surface area contributed by atoms with E-state index < -0.39 is 11.5 Å². The van der Waals surface area contributed by atoms with Crippen molar-refractivity contribution < 1.29 is 9.63 Å². The molecule has 2 N–H and O–H groups in total. The van der Waals surface area contributed by atoms with Crippen molar-refractivity contribution >= 4 is 27.9 Å². The number of nitrogens with two attached hydrogens (primary N) is 1. The van der Waals surface area contributed by atoms with Crippen LogP contribution in [0.4, 0.5) is 0 Å². The Morgan fingerprint density at radius 1 is 1.00 bits per heavy atom. The zero-order valence-corrected chi connectivity index (χ0v) is 19.9. The van der Waals surface area contributed by atoms with Crippen LogP contribution in [0, 0.1) is 0 Å². The monoisotopic (exact) mass is 479 g/mol. The van der Waals surface area contributed by atoms with E-state index in [9.17, 15) is 9.59 Å². The fourth-order valence-corrected chi connectivity index (χ4v) is 5.09. The smallest absolute Gasteiger partial charge is 0.330 e. The summed E-state index contributed by atoms with van der Waals surface area (Å²) in [6, 6.07) is 17.6. The van der Waals surface area contributed by atoms with Gasteiger partial charge in [-0.2, -0.15) is 0 Å². The van der Waals surface area contributed by atoms with Gasteiger partial charge in [0.2, 0.25) is 0 Å². The molecule has 0 bridgehead atoms. The fourth-order valence-electron chi connectivity index (χ4n) is 5.09. The second-order valence-electron chi connectivity index (χ2n) is 9.12. The molecule has 3 aromatic heterocycles. The van der Waals surface area contributed by atoms with E-state index in [0.29, 0.717) is 29.7 Å². The summed E-state index contributed by atoms with van der Waals surface area (Å²) in [5.74, 6) is -0.565. The molecule has 36 heavy (non-hydrogen) atoms. The number of para-hydroxylation sites is 1. The summed E-state index contributed by atoms with van der Waals surface area (Å²) in [5.41, 5.74) is 12.4. The highest BCUT2D eigenvalue weighted by Gasteiger charge is 2.22. The van der Waals surface area contributed by atoms with Gasteiger partial charge in [-0.25, -0.2) is 9.78 Å². The Balaban J connectivity index is 1.57. The number of aryl methyl sites for hydroxylation is 2. The molecule has 0 unspecified atom stereocenters. The largest absolute Gasteiger partial charge is 0.341 e. The molecule has 0 fully saturated rings. The minimum Gasteiger partial charge on any atom is -0.341 e. The van der Waals surface area contributed by atoms with Gasteiger partial charge < -0.3 is 15.1 Å². The van der Waals surface area contributed by atoms with Crippen LogP contribution in [-0.4, -0.2) is 25.2 Å². The fraction of sp³-hybridized carbons (Fsp3) is 0.214. The van der Waals surface area contributed by atoms with E-state index in [1.807, 2.05) is 60.8 Å². The van der Waals surface area contributed by atoms with Crippen LogP contribution < -0.4 is 16.1 Å². The van der Waals surface area contributed by atoms with Crippen molar-refractivity contribution in [2.45, 2.75) is 39.3 Å². The van der Waals surface area contributed by atoms with Crippen LogP contribution >= 0.6 is 0 Å². The lowest BCUT2D eigenvalue weighted by molar-refractivity contribution is -0.141. The molecule has 0 aliphatic heterocycles. The van der Waals surface area contributed by atoms with Gasteiger partial charge in [-0.3, -0.25) is 9.78 Å². The average molecular weight is 480 g/mol. The number of carbonyl (C=O) groups is 1. The summed E-state index contributed by atoms with van der Waals surface area (Å²) in [6.07, 6.45) is 4.89. The van der Waals surface area contributed by atoms with Crippen molar-refractivity contribution in [3.05, 3.63) is 93.7 Å². The van der Waals surface area contributed by atoms with Crippen molar-refractivity contribution in [2.24, 2.45) is 5.73 Å². The number of rotatable bonds is 5. The molecular formula is C28H25N5O3. The van der Waals surface area contributed by atoms with Gasteiger partial charge in [-0.05, 0) is 60.7 Å². The number of aromatic nitrogens is 4. The van der Waals surface area contributed by atoms with E-state index in [2.05, 4.69) is 9.55 Å². The van der Waals surface area contributed by atoms with Gasteiger partial charge in [0.1, 0.15) is 11.2 Å². The van der Waals surface area contributed by atoms with Gasteiger partial charge in [0.05, 0.1) is 23.4 Å². The molecule has 0 saturated heterocycles. The number of hydrogen-bond donors (Lipinski definition) is 1. The van der Waals surface area contributed by atoms with Gasteiger partial charge in [-0.1, -0.05) is 24.3 Å². The van der Waals surface area contributed by atoms with Gasteiger partial charge in [0.15, 0.2) is 0 Å². The SMILES string of the molecule is CC(=O)On1c(=O)c(-c2cn(Cc3cccc(CN)n3)c3ccccc23)nc2cc3c(cc21)CCC3. The van der Waals surface area contributed by atoms with Crippen molar-refractivity contribution in [2.75, 3.05) is 0 Å². The Hall–Kier alpha value is -4.30. The molecule has 1 aliphatic carbocycles. The third-order valence-corrected chi connectivity index (χ3v) is 6.70. The lowest BCUT2D eigenvalue weighted by atomic mass is 10.1. The summed E-state index contributed by atoms with van der Waals surface area (Å²) in [6.45, 7) is 2.17. The Labute approximate surface area is 206 Å². The summed E-state index contributed by atoms with van der Waals surface area (Å²) in [5, 5.41) is 0.881. The quantitative estimate of drug-likeness (QED) is 0.414.